The van der Waals surface area contributed by atoms with Crippen LogP contribution in [0.4, 0.5) is 5.13 Å². The van der Waals surface area contributed by atoms with E-state index in [1.54, 1.807) is 0 Å². The Bertz CT molecular complexity index is 1890. The number of nitrogens with two attached hydrogens (primary N) is 1. The van der Waals surface area contributed by atoms with Gasteiger partial charge in [-0.3, -0.25) is 24.1 Å². The zero-order valence-corrected chi connectivity index (χ0v) is 30.4. The number of quaternary nitrogens is 1. The van der Waals surface area contributed by atoms with E-state index >= 15 is 0 Å². The highest BCUT2D eigenvalue weighted by atomic mass is 35.5. The normalized spacial score (nSPS) is 21.4. The van der Waals surface area contributed by atoms with Crippen molar-refractivity contribution < 1.29 is 63.6 Å². The Kier molecular flexibility index (Phi) is 11.9. The lowest BCUT2D eigenvalue weighted by molar-refractivity contribution is -0.911. The number of phenols is 2. The molecule has 2 aromatic rings. The van der Waals surface area contributed by atoms with Crippen LogP contribution in [0.1, 0.15) is 48.7 Å². The summed E-state index contributed by atoms with van der Waals surface area (Å²) in [6, 6.07) is 2.32. The van der Waals surface area contributed by atoms with Crippen molar-refractivity contribution in [3.05, 3.63) is 45.1 Å². The number of likely N-dealkylation sites (tertiary alicyclic amines) is 1. The Morgan fingerprint density at radius 3 is 2.45 bits per heavy atom. The second-order valence-electron chi connectivity index (χ2n) is 12.8. The zero-order chi connectivity index (χ0) is 38.8. The van der Waals surface area contributed by atoms with Crippen molar-refractivity contribution >= 4 is 81.0 Å². The molecule has 21 heteroatoms. The largest absolute Gasteiger partial charge is 0.504 e. The number of carboxylic acid groups (broad SMARTS) is 3. The molecular formula is C32H36ClN6O12S2+. The molecular weight excluding hydrogens is 760 g/mol. The van der Waals surface area contributed by atoms with E-state index in [4.69, 9.17) is 27.3 Å². The molecule has 284 valence electrons. The molecule has 18 nitrogen and oxygen atoms in total. The van der Waals surface area contributed by atoms with Crippen LogP contribution in [-0.4, -0.2) is 131 Å². The van der Waals surface area contributed by atoms with Crippen molar-refractivity contribution in [2.45, 2.75) is 49.3 Å². The minimum atomic E-state index is -1.92. The number of benzene rings is 1. The molecule has 4 atom stereocenters. The number of Topliss-reactive ketones (excluding diaryl/α,β-unsaturated/α-hetero) is 1. The van der Waals surface area contributed by atoms with Gasteiger partial charge >= 0.3 is 17.9 Å². The van der Waals surface area contributed by atoms with E-state index in [1.807, 2.05) is 6.92 Å². The molecule has 4 heterocycles. The number of β-lactam (4-membered cyclic amide) rings is 1. The van der Waals surface area contributed by atoms with Crippen LogP contribution in [0.5, 0.6) is 11.5 Å². The molecule has 0 saturated carbocycles. The number of halogens is 1. The molecule has 3 aliphatic heterocycles. The smallest absolute Gasteiger partial charge is 0.352 e. The Labute approximate surface area is 314 Å². The number of oxime groups is 1. The Balaban J connectivity index is 1.32. The summed E-state index contributed by atoms with van der Waals surface area (Å²) in [5.41, 5.74) is 5.59. The van der Waals surface area contributed by atoms with Crippen molar-refractivity contribution in [1.82, 2.24) is 15.2 Å². The molecule has 2 fully saturated rings. The predicted molar refractivity (Wildman–Crippen MR) is 189 cm³/mol. The van der Waals surface area contributed by atoms with Crippen LogP contribution in [0, 0.1) is 5.92 Å². The summed E-state index contributed by atoms with van der Waals surface area (Å²) in [4.78, 5) is 85.5. The Morgan fingerprint density at radius 1 is 1.17 bits per heavy atom. The van der Waals surface area contributed by atoms with E-state index in [0.29, 0.717) is 29.7 Å². The maximum absolute atomic E-state index is 13.6. The number of carbonyl (C=O) groups is 6. The van der Waals surface area contributed by atoms with E-state index < -0.39 is 83.0 Å². The fourth-order valence-corrected chi connectivity index (χ4v) is 8.88. The fourth-order valence-electron chi connectivity index (χ4n) is 6.62. The number of nitrogens with zero attached hydrogens (tertiary/aromatic N) is 4. The minimum Gasteiger partial charge on any atom is -0.504 e. The Hall–Kier alpha value is -4.92. The molecule has 53 heavy (non-hydrogen) atoms. The number of hydrogen-bond acceptors (Lipinski definition) is 14. The van der Waals surface area contributed by atoms with Gasteiger partial charge in [-0.05, 0) is 19.1 Å². The van der Waals surface area contributed by atoms with Crippen LogP contribution in [0.2, 0.25) is 5.02 Å². The number of ketones is 1. The number of carbonyl (C=O) groups excluding carboxylic acids is 3. The average molecular weight is 796 g/mol. The van der Waals surface area contributed by atoms with Crippen LogP contribution in [0.15, 0.2) is 33.9 Å². The van der Waals surface area contributed by atoms with Crippen LogP contribution in [0.25, 0.3) is 0 Å². The van der Waals surface area contributed by atoms with Gasteiger partial charge in [0.05, 0.1) is 48.9 Å². The monoisotopic (exact) mass is 795 g/mol. The zero-order valence-electron chi connectivity index (χ0n) is 28.1. The molecule has 8 N–H and O–H groups in total. The quantitative estimate of drug-likeness (QED) is 0.0419. The summed E-state index contributed by atoms with van der Waals surface area (Å²) in [6.45, 7) is 4.15. The number of anilines is 1. The topological polar surface area (TPSA) is 279 Å². The molecule has 0 spiro atoms. The van der Waals surface area contributed by atoms with Gasteiger partial charge in [-0.1, -0.05) is 16.8 Å². The van der Waals surface area contributed by atoms with Crippen LogP contribution in [0.3, 0.4) is 0 Å². The van der Waals surface area contributed by atoms with Gasteiger partial charge in [0.15, 0.2) is 28.1 Å². The van der Waals surface area contributed by atoms with Crippen LogP contribution in [-0.2, 0) is 28.8 Å². The third-order valence-electron chi connectivity index (χ3n) is 9.27. The summed E-state index contributed by atoms with van der Waals surface area (Å²) in [5.74, 6) is -8.39. The Morgan fingerprint density at radius 2 is 1.87 bits per heavy atom. The van der Waals surface area contributed by atoms with Crippen molar-refractivity contribution in [2.75, 3.05) is 38.5 Å². The van der Waals surface area contributed by atoms with Crippen molar-refractivity contribution in [1.29, 1.82) is 0 Å². The second kappa shape index (κ2) is 16.0. The lowest BCUT2D eigenvalue weighted by atomic mass is 9.88. The molecule has 2 saturated heterocycles. The van der Waals surface area contributed by atoms with Crippen LogP contribution < -0.4 is 11.1 Å². The number of fused-ring (bicyclic) bond motifs is 1. The number of aromatic hydroxyl groups is 2. The number of aromatic nitrogens is 1. The molecule has 1 aromatic heterocycles. The van der Waals surface area contributed by atoms with E-state index in [1.165, 1.54) is 28.1 Å². The van der Waals surface area contributed by atoms with E-state index in [2.05, 4.69) is 15.5 Å². The molecule has 3 aliphatic rings. The number of phenolic OH excluding ortho intramolecular Hbond substituents is 2. The van der Waals surface area contributed by atoms with Gasteiger partial charge in [-0.25, -0.2) is 14.6 Å². The van der Waals surface area contributed by atoms with Gasteiger partial charge < -0.3 is 45.9 Å². The van der Waals surface area contributed by atoms with Crippen molar-refractivity contribution in [2.24, 2.45) is 11.1 Å². The number of thioether (sulfide) groups is 1. The average Bonchev–Trinajstić information content (AvgIpc) is 3.74. The first-order chi connectivity index (χ1) is 25.0. The van der Waals surface area contributed by atoms with Gasteiger partial charge in [-0.2, -0.15) is 0 Å². The molecule has 0 bridgehead atoms. The molecule has 0 aliphatic carbocycles. The summed E-state index contributed by atoms with van der Waals surface area (Å²) < 4.78 is 0.448. The highest BCUT2D eigenvalue weighted by molar-refractivity contribution is 8.00. The third-order valence-corrected chi connectivity index (χ3v) is 11.7. The standard InChI is InChI=1S/C32H35ClN6O12S2/c1-14-17(12-39(5-2-3-6-39)7-4-35-27(45)15-8-18(33)26(44)21(41)9-15)25(31(49)50)38-28(46)16(29(38)53-14)10-20(40)24(19-13-52-32(34)36-19)37-51-22(30(47)48)11-23(42)43/h8-9,13-14,16,22,29H,2-7,10-12H2,1H3,(H7-,34,35,36,37,40,41,42,43,44,45,47,48,49,50)/p+1/t14-,16+,22-,29+/m0/s1. The maximum Gasteiger partial charge on any atom is 0.352 e. The third kappa shape index (κ3) is 8.50. The summed E-state index contributed by atoms with van der Waals surface area (Å²) >= 11 is 8.17. The van der Waals surface area contributed by atoms with Crippen molar-refractivity contribution in [3.63, 3.8) is 0 Å². The van der Waals surface area contributed by atoms with Gasteiger partial charge in [0, 0.05) is 41.0 Å². The van der Waals surface area contributed by atoms with Gasteiger partial charge in [0.2, 0.25) is 12.0 Å². The van der Waals surface area contributed by atoms with E-state index in [9.17, 15) is 49.2 Å². The first-order valence-corrected chi connectivity index (χ1v) is 18.4. The SMILES string of the molecule is C[C@@H]1S[C@@H]2[C@H](CC(=O)/C(=N\O[C@@H](CC(=O)O)C(=O)O)c3csc(N)n3)C(=O)N2C(C(=O)O)=C1C[N+]1(CCNC(=O)c2cc(O)c(O)c(Cl)c2)CCCC1. The number of nitrogens with one attached hydrogen (secondary N) is 1. The summed E-state index contributed by atoms with van der Waals surface area (Å²) in [5, 5.41) is 54.9. The minimum absolute atomic E-state index is 0.0473. The first kappa shape index (κ1) is 39.3. The number of carboxylic acids is 3. The number of nitrogen functional groups attached to an aromatic ring is 1. The molecule has 2 amide bonds. The number of aliphatic carboxylic acids is 3. The molecule has 0 radical (unpaired) electrons. The van der Waals surface area contributed by atoms with Gasteiger partial charge in [0.25, 0.3) is 5.91 Å². The van der Waals surface area contributed by atoms with E-state index in [-0.39, 0.29) is 45.4 Å². The summed E-state index contributed by atoms with van der Waals surface area (Å²) in [6.07, 6.45) is -1.60. The lowest BCUT2D eigenvalue weighted by Gasteiger charge is -2.51. The van der Waals surface area contributed by atoms with Crippen molar-refractivity contribution in [3.8, 4) is 11.5 Å². The maximum atomic E-state index is 13.6. The van der Waals surface area contributed by atoms with Gasteiger partial charge in [0.1, 0.15) is 17.9 Å². The van der Waals surface area contributed by atoms with E-state index in [0.717, 1.165) is 30.2 Å². The highest BCUT2D eigenvalue weighted by Crippen LogP contribution is 2.49. The lowest BCUT2D eigenvalue weighted by Crippen LogP contribution is -2.63. The molecule has 5 rings (SSSR count). The highest BCUT2D eigenvalue weighted by Gasteiger charge is 2.56. The molecule has 0 unspecified atom stereocenters. The van der Waals surface area contributed by atoms with Crippen LogP contribution >= 0.6 is 34.7 Å². The number of hydrogen-bond donors (Lipinski definition) is 7. The number of amides is 2. The predicted octanol–water partition coefficient (Wildman–Crippen LogP) is 1.70. The second-order valence-corrected chi connectivity index (χ2v) is 15.5. The van der Waals surface area contributed by atoms with Gasteiger partial charge in [-0.15, -0.1) is 23.1 Å². The fraction of sp³-hybridized carbons (Fsp3) is 0.438. The molecule has 1 aromatic carbocycles. The summed E-state index contributed by atoms with van der Waals surface area (Å²) in [7, 11) is 0. The number of rotatable bonds is 16. The number of thiazole rings is 1. The first-order valence-electron chi connectivity index (χ1n) is 16.2.